The molecule has 6 heterocycles. The number of aliphatic hydroxyl groups excluding tert-OH is 1. The van der Waals surface area contributed by atoms with Gasteiger partial charge in [0.15, 0.2) is 5.96 Å². The number of aliphatic imine (C=N–C) groups is 1. The number of hydrogen-bond donors (Lipinski definition) is 17. The van der Waals surface area contributed by atoms with Crippen molar-refractivity contribution in [3.05, 3.63) is 108 Å². The SMILES string of the molecule is NC(=O)CNC(=O)[C@@H]1CCCN1C(=O)[C@H](CCCN=C(N)N)NC(=O)[C@H](Cc1c[nH]c2ccccc12)NC(=O)CNC(=O)[C@H](Cc1cnc[nH]1)NC(=O)[C@H](CO)NC(=O)[C@H](Cc1c[nH]c2ccccc12)NC(=O)[C@H](Cc1cnc[nH]1)NC(=O)[C@@H]1CCC(=O)N1. The number of H-pyrrole nitrogens is 4. The maximum atomic E-state index is 14.6. The second-order valence-corrected chi connectivity index (χ2v) is 21.5. The molecular formula is C57H72N20O12. The quantitative estimate of drug-likeness (QED) is 0.0111. The Morgan fingerprint density at radius 2 is 1.16 bits per heavy atom. The Morgan fingerprint density at radius 1 is 0.618 bits per heavy atom. The van der Waals surface area contributed by atoms with Crippen molar-refractivity contribution in [1.82, 2.24) is 82.7 Å². The molecule has 2 saturated heterocycles. The number of carbonyl (C=O) groups is 11. The summed E-state index contributed by atoms with van der Waals surface area (Å²) in [7, 11) is 0. The summed E-state index contributed by atoms with van der Waals surface area (Å²) in [5, 5.41) is 35.4. The van der Waals surface area contributed by atoms with E-state index in [1.165, 1.54) is 29.9 Å². The van der Waals surface area contributed by atoms with Crippen LogP contribution in [0.3, 0.4) is 0 Å². The molecule has 2 fully saturated rings. The number of fused-ring (bicyclic) bond motifs is 2. The highest BCUT2D eigenvalue weighted by Crippen LogP contribution is 2.23. The van der Waals surface area contributed by atoms with Crippen LogP contribution in [-0.2, 0) is 78.4 Å². The molecule has 0 aliphatic carbocycles. The number of carbonyl (C=O) groups excluding carboxylic acids is 11. The van der Waals surface area contributed by atoms with Crippen molar-refractivity contribution in [2.24, 2.45) is 22.2 Å². The number of amides is 11. The predicted molar refractivity (Wildman–Crippen MR) is 318 cm³/mol. The molecule has 89 heavy (non-hydrogen) atoms. The number of guanidine groups is 1. The average Bonchev–Trinajstić information content (AvgIpc) is 3.35. The van der Waals surface area contributed by atoms with Gasteiger partial charge in [-0.15, -0.1) is 0 Å². The van der Waals surface area contributed by atoms with Gasteiger partial charge in [0.05, 0.1) is 32.4 Å². The monoisotopic (exact) mass is 1230 g/mol. The fraction of sp³-hybridized carbons (Fsp3) is 0.404. The number of aromatic amines is 4. The number of rotatable bonds is 31. The van der Waals surface area contributed by atoms with Gasteiger partial charge in [-0.2, -0.15) is 0 Å². The van der Waals surface area contributed by atoms with Crippen LogP contribution in [0.15, 0.2) is 91.0 Å². The molecule has 2 aliphatic rings. The number of para-hydroxylation sites is 2. The van der Waals surface area contributed by atoms with Crippen molar-refractivity contribution in [1.29, 1.82) is 0 Å². The van der Waals surface area contributed by atoms with Crippen LogP contribution < -0.4 is 65.1 Å². The molecular weight excluding hydrogens is 1160 g/mol. The maximum absolute atomic E-state index is 14.6. The van der Waals surface area contributed by atoms with E-state index in [9.17, 15) is 57.8 Å². The van der Waals surface area contributed by atoms with Crippen molar-refractivity contribution in [3.63, 3.8) is 0 Å². The third-order valence-corrected chi connectivity index (χ3v) is 15.1. The van der Waals surface area contributed by atoms with Gasteiger partial charge in [-0.25, -0.2) is 9.97 Å². The molecule has 0 saturated carbocycles. The average molecular weight is 1230 g/mol. The first-order valence-electron chi connectivity index (χ1n) is 28.8. The van der Waals surface area contributed by atoms with Crippen LogP contribution >= 0.6 is 0 Å². The minimum Gasteiger partial charge on any atom is -0.394 e. The molecule has 32 nitrogen and oxygen atoms in total. The van der Waals surface area contributed by atoms with E-state index in [1.807, 2.05) is 6.07 Å². The number of aliphatic hydroxyl groups is 1. The lowest BCUT2D eigenvalue weighted by molar-refractivity contribution is -0.142. The standard InChI is InChI=1S/C57H72N20O12/c58-46(79)25-66-55(88)45-12-6-16-77(45)56(89)39(11-5-15-63-57(59)60)72-51(84)40(17-30-21-64-36-9-3-1-7-34(30)36)71-48(81)26-67-49(82)42(19-32-23-61-28-68-32)74-54(87)44(27-78)76-52(85)41(18-31-22-65-37-10-4-2-8-35(31)37)73-53(86)43(20-33-24-62-29-69-33)75-50(83)38-13-14-47(80)70-38/h1-4,7-10,21-24,28-29,38-45,64-65,78H,5-6,11-20,25-27H2,(H2,58,79)(H,61,68)(H,62,69)(H,66,88)(H,67,82)(H,70,80)(H,71,81)(H,72,84)(H,73,86)(H,74,87)(H,75,83)(H,76,85)(H4,59,60,63)/t38-,39-,40-,41-,42-,43-,44-,45-/m0/s1. The van der Waals surface area contributed by atoms with Crippen molar-refractivity contribution in [3.8, 4) is 0 Å². The summed E-state index contributed by atoms with van der Waals surface area (Å²) in [5.74, 6) is -8.65. The fourth-order valence-electron chi connectivity index (χ4n) is 10.6. The van der Waals surface area contributed by atoms with Crippen LogP contribution in [0.5, 0.6) is 0 Å². The number of benzene rings is 2. The zero-order valence-electron chi connectivity index (χ0n) is 48.3. The lowest BCUT2D eigenvalue weighted by Gasteiger charge is -2.30. The van der Waals surface area contributed by atoms with Crippen molar-refractivity contribution in [2.75, 3.05) is 32.8 Å². The van der Waals surface area contributed by atoms with E-state index in [1.54, 1.807) is 54.9 Å². The topological polar surface area (TPSA) is 499 Å². The molecule has 0 bridgehead atoms. The molecule has 20 N–H and O–H groups in total. The van der Waals surface area contributed by atoms with Gasteiger partial charge in [-0.1, -0.05) is 36.4 Å². The minimum atomic E-state index is -1.75. The zero-order chi connectivity index (χ0) is 63.6. The van der Waals surface area contributed by atoms with Crippen LogP contribution in [0.25, 0.3) is 21.8 Å². The smallest absolute Gasteiger partial charge is 0.245 e. The summed E-state index contributed by atoms with van der Waals surface area (Å²) in [5.41, 5.74) is 19.7. The Morgan fingerprint density at radius 3 is 1.70 bits per heavy atom. The Kier molecular flexibility index (Phi) is 22.1. The Labute approximate surface area is 507 Å². The Balaban J connectivity index is 0.971. The summed E-state index contributed by atoms with van der Waals surface area (Å²) in [4.78, 5) is 175. The van der Waals surface area contributed by atoms with E-state index in [-0.39, 0.29) is 82.7 Å². The second-order valence-electron chi connectivity index (χ2n) is 21.5. The lowest BCUT2D eigenvalue weighted by Crippen LogP contribution is -2.60. The maximum Gasteiger partial charge on any atom is 0.245 e. The van der Waals surface area contributed by atoms with Gasteiger partial charge in [0.1, 0.15) is 48.3 Å². The van der Waals surface area contributed by atoms with E-state index < -0.39 is 127 Å². The van der Waals surface area contributed by atoms with Gasteiger partial charge in [-0.05, 0) is 55.4 Å². The summed E-state index contributed by atoms with van der Waals surface area (Å²) in [6.45, 7) is -2.01. The normalized spacial score (nSPS) is 16.6. The van der Waals surface area contributed by atoms with Crippen molar-refractivity contribution < 1.29 is 57.8 Å². The first kappa shape index (κ1) is 64.3. The van der Waals surface area contributed by atoms with Gasteiger partial charge in [0, 0.05) is 103 Å². The van der Waals surface area contributed by atoms with Crippen molar-refractivity contribution >= 4 is 92.7 Å². The lowest BCUT2D eigenvalue weighted by atomic mass is 10.0. The molecule has 8 atom stereocenters. The highest BCUT2D eigenvalue weighted by Gasteiger charge is 2.39. The first-order chi connectivity index (χ1) is 42.8. The molecule has 4 aromatic heterocycles. The van der Waals surface area contributed by atoms with E-state index >= 15 is 0 Å². The number of nitrogens with two attached hydrogens (primary N) is 3. The zero-order valence-corrected chi connectivity index (χ0v) is 48.3. The number of primary amides is 1. The van der Waals surface area contributed by atoms with Crippen LogP contribution in [0, 0.1) is 0 Å². The molecule has 2 aliphatic heterocycles. The third-order valence-electron chi connectivity index (χ3n) is 15.1. The summed E-state index contributed by atoms with van der Waals surface area (Å²) < 4.78 is 0. The van der Waals surface area contributed by atoms with Crippen molar-refractivity contribution in [2.45, 2.75) is 113 Å². The van der Waals surface area contributed by atoms with Crippen LogP contribution in [-0.4, -0.2) is 192 Å². The number of aromatic nitrogens is 6. The molecule has 0 radical (unpaired) electrons. The van der Waals surface area contributed by atoms with Crippen LogP contribution in [0.1, 0.15) is 61.0 Å². The highest BCUT2D eigenvalue weighted by atomic mass is 16.3. The number of imidazole rings is 2. The van der Waals surface area contributed by atoms with E-state index in [4.69, 9.17) is 17.2 Å². The second kappa shape index (κ2) is 30.6. The van der Waals surface area contributed by atoms with Gasteiger partial charge in [-0.3, -0.25) is 57.7 Å². The summed E-state index contributed by atoms with van der Waals surface area (Å²) in [6.07, 6.45) is 9.35. The summed E-state index contributed by atoms with van der Waals surface area (Å²) in [6, 6.07) is 3.77. The molecule has 472 valence electrons. The molecule has 8 rings (SSSR count). The number of hydrogen-bond acceptors (Lipinski definition) is 15. The molecule has 2 aromatic carbocycles. The van der Waals surface area contributed by atoms with Gasteiger partial charge >= 0.3 is 0 Å². The predicted octanol–water partition coefficient (Wildman–Crippen LogP) is -4.69. The highest BCUT2D eigenvalue weighted by molar-refractivity contribution is 5.99. The Hall–Kier alpha value is -10.7. The number of nitrogens with zero attached hydrogens (tertiary/aromatic N) is 4. The molecule has 0 spiro atoms. The molecule has 32 heteroatoms. The van der Waals surface area contributed by atoms with Crippen LogP contribution in [0.2, 0.25) is 0 Å². The fourth-order valence-corrected chi connectivity index (χ4v) is 10.6. The van der Waals surface area contributed by atoms with Gasteiger partial charge in [0.25, 0.3) is 0 Å². The Bertz CT molecular complexity index is 3540. The van der Waals surface area contributed by atoms with Crippen LogP contribution in [0.4, 0.5) is 0 Å². The van der Waals surface area contributed by atoms with Gasteiger partial charge < -0.3 is 95.0 Å². The summed E-state index contributed by atoms with van der Waals surface area (Å²) >= 11 is 0. The number of nitrogens with one attached hydrogen (secondary N) is 13. The van der Waals surface area contributed by atoms with E-state index in [0.29, 0.717) is 39.8 Å². The molecule has 6 aromatic rings. The minimum absolute atomic E-state index is 0.0115. The van der Waals surface area contributed by atoms with E-state index in [0.717, 1.165) is 10.9 Å². The number of likely N-dealkylation sites (tertiary alicyclic amines) is 1. The molecule has 0 unspecified atom stereocenters. The van der Waals surface area contributed by atoms with E-state index in [2.05, 4.69) is 82.7 Å². The molecule has 11 amide bonds. The first-order valence-corrected chi connectivity index (χ1v) is 28.8. The van der Waals surface area contributed by atoms with Gasteiger partial charge in [0.2, 0.25) is 65.0 Å². The third kappa shape index (κ3) is 17.7. The largest absolute Gasteiger partial charge is 0.394 e.